The lowest BCUT2D eigenvalue weighted by molar-refractivity contribution is 0.615. The Balaban J connectivity index is 2.99. The molecule has 0 aromatic carbocycles. The highest BCUT2D eigenvalue weighted by Crippen LogP contribution is 1.91. The monoisotopic (exact) mass is 122 g/mol. The van der Waals surface area contributed by atoms with Crippen LogP contribution in [-0.4, -0.2) is 19.0 Å². The lowest BCUT2D eigenvalue weighted by Gasteiger charge is -2.03. The van der Waals surface area contributed by atoms with E-state index in [4.69, 9.17) is 23.1 Å². The first-order valence-corrected chi connectivity index (χ1v) is 2.84. The molecule has 0 aliphatic carbocycles. The van der Waals surface area contributed by atoms with Crippen molar-refractivity contribution in [3.63, 3.8) is 0 Å². The van der Waals surface area contributed by atoms with Crippen LogP contribution < -0.4 is 11.5 Å². The zero-order valence-electron chi connectivity index (χ0n) is 4.23. The largest absolute Gasteiger partial charge is 0.330 e. The average molecular weight is 123 g/mol. The van der Waals surface area contributed by atoms with Gasteiger partial charge in [-0.05, 0) is 19.0 Å². The molecule has 0 spiro atoms. The maximum atomic E-state index is 5.41. The second-order valence-electron chi connectivity index (χ2n) is 1.49. The van der Waals surface area contributed by atoms with Crippen molar-refractivity contribution in [1.29, 1.82) is 0 Å². The van der Waals surface area contributed by atoms with Crippen molar-refractivity contribution in [2.45, 2.75) is 0 Å². The molecule has 3 heteroatoms. The van der Waals surface area contributed by atoms with Crippen LogP contribution in [-0.2, 0) is 0 Å². The number of rotatable bonds is 3. The third-order valence-corrected chi connectivity index (χ3v) is 1.32. The fraction of sp³-hybridized carbons (Fsp3) is 1.00. The van der Waals surface area contributed by atoms with Crippen LogP contribution in [0, 0.1) is 5.92 Å². The van der Waals surface area contributed by atoms with Crippen LogP contribution in [0.3, 0.4) is 0 Å². The number of hydrogen-bond donors (Lipinski definition) is 2. The van der Waals surface area contributed by atoms with Crippen LogP contribution in [0.25, 0.3) is 0 Å². The van der Waals surface area contributed by atoms with E-state index in [9.17, 15) is 0 Å². The summed E-state index contributed by atoms with van der Waals surface area (Å²) in [5.74, 6) is 0.883. The summed E-state index contributed by atoms with van der Waals surface area (Å²) in [6.45, 7) is 1.19. The van der Waals surface area contributed by atoms with E-state index in [1.165, 1.54) is 0 Å². The lowest BCUT2D eigenvalue weighted by atomic mass is 10.2. The van der Waals surface area contributed by atoms with Crippen molar-refractivity contribution >= 4 is 11.6 Å². The highest BCUT2D eigenvalue weighted by atomic mass is 35.5. The van der Waals surface area contributed by atoms with Crippen LogP contribution in [0.4, 0.5) is 0 Å². The van der Waals surface area contributed by atoms with E-state index in [2.05, 4.69) is 0 Å². The zero-order chi connectivity index (χ0) is 5.70. The van der Waals surface area contributed by atoms with E-state index in [0.717, 1.165) is 0 Å². The topological polar surface area (TPSA) is 52.0 Å². The normalized spacial score (nSPS) is 10.3. The Morgan fingerprint density at radius 3 is 1.71 bits per heavy atom. The molecule has 2 nitrogen and oxygen atoms in total. The van der Waals surface area contributed by atoms with Gasteiger partial charge in [-0.2, -0.15) is 0 Å². The maximum Gasteiger partial charge on any atom is 0.0275 e. The molecule has 0 atom stereocenters. The van der Waals surface area contributed by atoms with E-state index in [1.54, 1.807) is 0 Å². The predicted octanol–water partition coefficient (Wildman–Crippen LogP) is -0.241. The number of nitrogens with two attached hydrogens (primary N) is 2. The maximum absolute atomic E-state index is 5.41. The van der Waals surface area contributed by atoms with Crippen molar-refractivity contribution in [2.24, 2.45) is 17.4 Å². The Morgan fingerprint density at radius 1 is 1.29 bits per heavy atom. The number of alkyl halides is 1. The van der Waals surface area contributed by atoms with Gasteiger partial charge >= 0.3 is 0 Å². The molecular formula is C4H11ClN2. The summed E-state index contributed by atoms with van der Waals surface area (Å²) in [5, 5.41) is 0. The van der Waals surface area contributed by atoms with Crippen LogP contribution >= 0.6 is 11.6 Å². The third kappa shape index (κ3) is 2.85. The van der Waals surface area contributed by atoms with Gasteiger partial charge in [0.15, 0.2) is 0 Å². The second-order valence-corrected chi connectivity index (χ2v) is 1.80. The van der Waals surface area contributed by atoms with Gasteiger partial charge in [0.1, 0.15) is 0 Å². The Labute approximate surface area is 48.8 Å². The molecule has 0 saturated carbocycles. The van der Waals surface area contributed by atoms with Gasteiger partial charge in [-0.15, -0.1) is 11.6 Å². The molecule has 0 unspecified atom stereocenters. The predicted molar refractivity (Wildman–Crippen MR) is 32.3 cm³/mol. The third-order valence-electron chi connectivity index (χ3n) is 0.885. The minimum atomic E-state index is 0.307. The molecular weight excluding hydrogens is 112 g/mol. The van der Waals surface area contributed by atoms with Gasteiger partial charge in [-0.25, -0.2) is 0 Å². The molecule has 0 saturated heterocycles. The molecule has 44 valence electrons. The van der Waals surface area contributed by atoms with E-state index < -0.39 is 0 Å². The summed E-state index contributed by atoms with van der Waals surface area (Å²) in [5.41, 5.74) is 10.5. The van der Waals surface area contributed by atoms with Gasteiger partial charge in [0, 0.05) is 5.88 Å². The van der Waals surface area contributed by atoms with Crippen molar-refractivity contribution in [3.05, 3.63) is 0 Å². The minimum absolute atomic E-state index is 0.307. The lowest BCUT2D eigenvalue weighted by Crippen LogP contribution is -2.24. The molecule has 0 amide bonds. The van der Waals surface area contributed by atoms with Gasteiger partial charge in [0.05, 0.1) is 0 Å². The fourth-order valence-corrected chi connectivity index (χ4v) is 0.474. The van der Waals surface area contributed by atoms with E-state index >= 15 is 0 Å². The van der Waals surface area contributed by atoms with Crippen LogP contribution in [0.2, 0.25) is 0 Å². The first kappa shape index (κ1) is 7.21. The summed E-state index contributed by atoms with van der Waals surface area (Å²) in [7, 11) is 0. The number of halogens is 1. The van der Waals surface area contributed by atoms with Gasteiger partial charge in [0.2, 0.25) is 0 Å². The Bertz CT molecular complexity index is 31.2. The molecule has 0 aromatic heterocycles. The van der Waals surface area contributed by atoms with E-state index in [0.29, 0.717) is 24.9 Å². The molecule has 0 rings (SSSR count). The molecule has 0 radical (unpaired) electrons. The highest BCUT2D eigenvalue weighted by Gasteiger charge is 1.98. The van der Waals surface area contributed by atoms with Crippen LogP contribution in [0.15, 0.2) is 0 Å². The van der Waals surface area contributed by atoms with Crippen LogP contribution in [0.1, 0.15) is 0 Å². The summed E-state index contributed by atoms with van der Waals surface area (Å²) in [4.78, 5) is 0. The summed E-state index contributed by atoms with van der Waals surface area (Å²) in [6.07, 6.45) is 0. The van der Waals surface area contributed by atoms with Crippen molar-refractivity contribution in [1.82, 2.24) is 0 Å². The summed E-state index contributed by atoms with van der Waals surface area (Å²) < 4.78 is 0. The molecule has 0 fully saturated rings. The van der Waals surface area contributed by atoms with E-state index in [1.807, 2.05) is 0 Å². The highest BCUT2D eigenvalue weighted by molar-refractivity contribution is 6.18. The average Bonchev–Trinajstić information content (AvgIpc) is 1.72. The van der Waals surface area contributed by atoms with Crippen molar-refractivity contribution in [3.8, 4) is 0 Å². The van der Waals surface area contributed by atoms with Crippen molar-refractivity contribution < 1.29 is 0 Å². The Kier molecular flexibility index (Phi) is 4.50. The molecule has 0 aliphatic heterocycles. The molecule has 0 heterocycles. The first-order chi connectivity index (χ1) is 3.35. The summed E-state index contributed by atoms with van der Waals surface area (Å²) >= 11 is 5.41. The smallest absolute Gasteiger partial charge is 0.0275 e. The molecule has 0 aliphatic rings. The SMILES string of the molecule is NCC(CN)CCl. The second kappa shape index (κ2) is 4.37. The van der Waals surface area contributed by atoms with Crippen LogP contribution in [0.5, 0.6) is 0 Å². The summed E-state index contributed by atoms with van der Waals surface area (Å²) in [6, 6.07) is 0. The van der Waals surface area contributed by atoms with Crippen molar-refractivity contribution in [2.75, 3.05) is 19.0 Å². The standard InChI is InChI=1S/C4H11ClN2/c5-1-4(2-6)3-7/h4H,1-3,6-7H2. The zero-order valence-corrected chi connectivity index (χ0v) is 4.99. The Morgan fingerprint density at radius 2 is 1.71 bits per heavy atom. The van der Waals surface area contributed by atoms with Gasteiger partial charge in [-0.1, -0.05) is 0 Å². The Hall–Kier alpha value is 0.210. The fourth-order valence-electron chi connectivity index (χ4n) is 0.222. The van der Waals surface area contributed by atoms with E-state index in [-0.39, 0.29) is 0 Å². The molecule has 0 bridgehead atoms. The van der Waals surface area contributed by atoms with Gasteiger partial charge < -0.3 is 11.5 Å². The quantitative estimate of drug-likeness (QED) is 0.508. The van der Waals surface area contributed by atoms with Gasteiger partial charge in [-0.3, -0.25) is 0 Å². The number of hydrogen-bond acceptors (Lipinski definition) is 2. The van der Waals surface area contributed by atoms with Gasteiger partial charge in [0.25, 0.3) is 0 Å². The minimum Gasteiger partial charge on any atom is -0.330 e. The first-order valence-electron chi connectivity index (χ1n) is 2.31. The molecule has 4 N–H and O–H groups in total. The molecule has 0 aromatic rings. The molecule has 7 heavy (non-hydrogen) atoms.